The summed E-state index contributed by atoms with van der Waals surface area (Å²) in [4.78, 5) is 43.7. The summed E-state index contributed by atoms with van der Waals surface area (Å²) in [5.74, 6) is -0.295. The molecule has 2 aliphatic rings. The molecule has 3 aromatic rings. The Labute approximate surface area is 208 Å². The molecule has 188 valence electrons. The SMILES string of the molecule is CCN1C(=O)Nc2c(F)c(CN3CCN(c4ccc(C(=O)NOC)cc4C)CC3)cc3ncnc1c23. The van der Waals surface area contributed by atoms with E-state index >= 15 is 4.39 Å². The minimum absolute atomic E-state index is 0.152. The maximum absolute atomic E-state index is 15.6. The van der Waals surface area contributed by atoms with E-state index in [9.17, 15) is 9.59 Å². The number of hydroxylamine groups is 1. The molecule has 11 heteroatoms. The fourth-order valence-corrected chi connectivity index (χ4v) is 4.93. The Balaban J connectivity index is 1.32. The molecule has 3 amide bonds. The summed E-state index contributed by atoms with van der Waals surface area (Å²) in [6.07, 6.45) is 1.41. The van der Waals surface area contributed by atoms with Gasteiger partial charge in [0.05, 0.1) is 23.7 Å². The van der Waals surface area contributed by atoms with Crippen molar-refractivity contribution in [3.63, 3.8) is 0 Å². The lowest BCUT2D eigenvalue weighted by molar-refractivity contribution is 0.0537. The van der Waals surface area contributed by atoms with Crippen molar-refractivity contribution in [3.05, 3.63) is 53.1 Å². The lowest BCUT2D eigenvalue weighted by Gasteiger charge is -2.37. The first-order valence-electron chi connectivity index (χ1n) is 11.9. The van der Waals surface area contributed by atoms with Crippen LogP contribution >= 0.6 is 0 Å². The van der Waals surface area contributed by atoms with Gasteiger partial charge in [-0.15, -0.1) is 0 Å². The Hall–Kier alpha value is -3.83. The van der Waals surface area contributed by atoms with E-state index in [0.29, 0.717) is 40.9 Å². The Morgan fingerprint density at radius 2 is 1.97 bits per heavy atom. The number of hydrogen-bond acceptors (Lipinski definition) is 7. The van der Waals surface area contributed by atoms with Crippen LogP contribution < -0.4 is 20.6 Å². The molecule has 0 radical (unpaired) electrons. The maximum Gasteiger partial charge on any atom is 0.327 e. The van der Waals surface area contributed by atoms with E-state index in [1.54, 1.807) is 12.1 Å². The van der Waals surface area contributed by atoms with Gasteiger partial charge in [0.2, 0.25) is 0 Å². The van der Waals surface area contributed by atoms with Crippen molar-refractivity contribution in [1.82, 2.24) is 20.3 Å². The summed E-state index contributed by atoms with van der Waals surface area (Å²) in [5.41, 5.74) is 6.19. The number of aromatic nitrogens is 2. The number of aryl methyl sites for hydroxylation is 1. The number of amides is 3. The summed E-state index contributed by atoms with van der Waals surface area (Å²) in [7, 11) is 1.40. The number of rotatable bonds is 6. The second-order valence-corrected chi connectivity index (χ2v) is 8.89. The van der Waals surface area contributed by atoms with Crippen LogP contribution in [0.1, 0.15) is 28.4 Å². The zero-order valence-corrected chi connectivity index (χ0v) is 20.5. The molecule has 0 aliphatic carbocycles. The molecule has 1 aromatic heterocycles. The van der Waals surface area contributed by atoms with Crippen LogP contribution in [0, 0.1) is 12.7 Å². The minimum Gasteiger partial charge on any atom is -0.369 e. The molecule has 10 nitrogen and oxygen atoms in total. The van der Waals surface area contributed by atoms with Crippen molar-refractivity contribution in [2.75, 3.05) is 55.0 Å². The van der Waals surface area contributed by atoms with Crippen molar-refractivity contribution in [1.29, 1.82) is 0 Å². The van der Waals surface area contributed by atoms with E-state index in [1.165, 1.54) is 18.3 Å². The predicted octanol–water partition coefficient (Wildman–Crippen LogP) is 3.06. The quantitative estimate of drug-likeness (QED) is 0.509. The number of nitrogens with zero attached hydrogens (tertiary/aromatic N) is 5. The van der Waals surface area contributed by atoms with Gasteiger partial charge in [0, 0.05) is 56.1 Å². The number of halogens is 1. The first kappa shape index (κ1) is 23.9. The highest BCUT2D eigenvalue weighted by Gasteiger charge is 2.30. The monoisotopic (exact) mass is 493 g/mol. The standard InChI is InChI=1S/C25H28FN7O3/c1-4-33-23-20-18(27-14-28-23)12-17(21(26)22(20)29-25(33)35)13-31-7-9-32(10-8-31)19-6-5-16(11-15(19)2)24(34)30-36-3/h5-6,11-12,14H,4,7-10,13H2,1-3H3,(H,29,35)(H,30,34). The molecule has 0 bridgehead atoms. The number of hydrogen-bond donors (Lipinski definition) is 2. The second kappa shape index (κ2) is 9.67. The van der Waals surface area contributed by atoms with Gasteiger partial charge in [-0.05, 0) is 43.7 Å². The Kier molecular flexibility index (Phi) is 6.42. The van der Waals surface area contributed by atoms with Gasteiger partial charge >= 0.3 is 6.03 Å². The molecule has 0 unspecified atom stereocenters. The zero-order valence-electron chi connectivity index (χ0n) is 20.5. The van der Waals surface area contributed by atoms with E-state index in [2.05, 4.69) is 30.6 Å². The first-order chi connectivity index (χ1) is 17.4. The number of carbonyl (C=O) groups excluding carboxylic acids is 2. The van der Waals surface area contributed by atoms with Gasteiger partial charge < -0.3 is 10.2 Å². The Morgan fingerprint density at radius 3 is 2.67 bits per heavy atom. The Bertz CT molecular complexity index is 1340. The fraction of sp³-hybridized carbons (Fsp3) is 0.360. The molecular weight excluding hydrogens is 465 g/mol. The summed E-state index contributed by atoms with van der Waals surface area (Å²) in [6, 6.07) is 6.93. The highest BCUT2D eigenvalue weighted by Crippen LogP contribution is 2.38. The third kappa shape index (κ3) is 4.20. The number of carbonyl (C=O) groups is 2. The average molecular weight is 494 g/mol. The largest absolute Gasteiger partial charge is 0.369 e. The average Bonchev–Trinajstić information content (AvgIpc) is 2.87. The maximum atomic E-state index is 15.6. The zero-order chi connectivity index (χ0) is 25.4. The van der Waals surface area contributed by atoms with E-state index in [1.807, 2.05) is 26.0 Å². The number of urea groups is 1. The van der Waals surface area contributed by atoms with Gasteiger partial charge in [0.15, 0.2) is 5.82 Å². The van der Waals surface area contributed by atoms with E-state index < -0.39 is 11.8 Å². The minimum atomic E-state index is -0.439. The lowest BCUT2D eigenvalue weighted by Crippen LogP contribution is -2.46. The number of anilines is 3. The molecule has 0 atom stereocenters. The third-order valence-corrected chi connectivity index (χ3v) is 6.73. The van der Waals surface area contributed by atoms with Gasteiger partial charge in [-0.25, -0.2) is 24.6 Å². The van der Waals surface area contributed by atoms with Crippen LogP contribution in [0.3, 0.4) is 0 Å². The predicted molar refractivity (Wildman–Crippen MR) is 135 cm³/mol. The van der Waals surface area contributed by atoms with Gasteiger partial charge in [-0.3, -0.25) is 19.4 Å². The summed E-state index contributed by atoms with van der Waals surface area (Å²) in [6.45, 7) is 7.66. The molecule has 1 fully saturated rings. The topological polar surface area (TPSA) is 103 Å². The molecule has 3 heterocycles. The number of nitrogens with one attached hydrogen (secondary N) is 2. The lowest BCUT2D eigenvalue weighted by atomic mass is 10.0. The Morgan fingerprint density at radius 1 is 1.19 bits per heavy atom. The number of piperazine rings is 1. The van der Waals surface area contributed by atoms with Crippen molar-refractivity contribution in [2.45, 2.75) is 20.4 Å². The molecule has 2 aliphatic heterocycles. The van der Waals surface area contributed by atoms with Crippen LogP contribution in [0.5, 0.6) is 0 Å². The van der Waals surface area contributed by atoms with Gasteiger partial charge in [-0.2, -0.15) is 0 Å². The van der Waals surface area contributed by atoms with E-state index in [4.69, 9.17) is 4.84 Å². The fourth-order valence-electron chi connectivity index (χ4n) is 4.93. The normalized spacial score (nSPS) is 15.8. The highest BCUT2D eigenvalue weighted by molar-refractivity contribution is 6.17. The second-order valence-electron chi connectivity index (χ2n) is 8.89. The third-order valence-electron chi connectivity index (χ3n) is 6.73. The van der Waals surface area contributed by atoms with Gasteiger partial charge in [-0.1, -0.05) is 0 Å². The van der Waals surface area contributed by atoms with Crippen LogP contribution in [0.4, 0.5) is 26.4 Å². The van der Waals surface area contributed by atoms with Crippen molar-refractivity contribution < 1.29 is 18.8 Å². The molecule has 5 rings (SSSR count). The molecule has 0 spiro atoms. The van der Waals surface area contributed by atoms with Gasteiger partial charge in [0.1, 0.15) is 12.1 Å². The number of benzene rings is 2. The molecule has 36 heavy (non-hydrogen) atoms. The first-order valence-corrected chi connectivity index (χ1v) is 11.9. The van der Waals surface area contributed by atoms with Gasteiger partial charge in [0.25, 0.3) is 5.91 Å². The molecule has 1 saturated heterocycles. The smallest absolute Gasteiger partial charge is 0.327 e. The molecular formula is C25H28FN7O3. The van der Waals surface area contributed by atoms with Crippen LogP contribution in [0.2, 0.25) is 0 Å². The summed E-state index contributed by atoms with van der Waals surface area (Å²) in [5, 5.41) is 3.23. The molecule has 2 N–H and O–H groups in total. The summed E-state index contributed by atoms with van der Waals surface area (Å²) >= 11 is 0. The van der Waals surface area contributed by atoms with Crippen molar-refractivity contribution in [2.24, 2.45) is 0 Å². The molecule has 0 saturated carbocycles. The van der Waals surface area contributed by atoms with E-state index in [-0.39, 0.29) is 11.6 Å². The highest BCUT2D eigenvalue weighted by atomic mass is 19.1. The van der Waals surface area contributed by atoms with Crippen LogP contribution in [0.25, 0.3) is 10.9 Å². The van der Waals surface area contributed by atoms with Crippen LogP contribution in [-0.4, -0.2) is 66.6 Å². The molecule has 2 aromatic carbocycles. The van der Waals surface area contributed by atoms with Crippen LogP contribution in [-0.2, 0) is 11.4 Å². The van der Waals surface area contributed by atoms with Crippen molar-refractivity contribution >= 4 is 40.0 Å². The van der Waals surface area contributed by atoms with Crippen molar-refractivity contribution in [3.8, 4) is 0 Å². The van der Waals surface area contributed by atoms with E-state index in [0.717, 1.165) is 37.4 Å². The summed E-state index contributed by atoms with van der Waals surface area (Å²) < 4.78 is 15.6. The van der Waals surface area contributed by atoms with Crippen LogP contribution in [0.15, 0.2) is 30.6 Å².